The summed E-state index contributed by atoms with van der Waals surface area (Å²) in [6.07, 6.45) is 0.772. The lowest BCUT2D eigenvalue weighted by molar-refractivity contribution is -0.384. The molecule has 154 valence electrons. The molecule has 0 unspecified atom stereocenters. The van der Waals surface area contributed by atoms with Crippen molar-refractivity contribution in [2.75, 3.05) is 5.32 Å². The fourth-order valence-corrected chi connectivity index (χ4v) is 3.83. The Balaban J connectivity index is 1.42. The van der Waals surface area contributed by atoms with Crippen molar-refractivity contribution < 1.29 is 9.72 Å². The standard InChI is InChI=1S/C23H18N4O3S/c1-15(28)18-9-5-16(6-10-18)13-17-7-11-20(12-8-17)24-23-26-25-22(31-23)19-3-2-4-21(14-19)27(29)30/h2-12,14H,13H2,1H3,(H,24,26). The molecule has 4 aromatic rings. The highest BCUT2D eigenvalue weighted by molar-refractivity contribution is 7.18. The van der Waals surface area contributed by atoms with Crippen molar-refractivity contribution in [2.24, 2.45) is 0 Å². The number of Topliss-reactive ketones (excluding diaryl/α,β-unsaturated/α-hetero) is 1. The van der Waals surface area contributed by atoms with E-state index in [2.05, 4.69) is 15.5 Å². The van der Waals surface area contributed by atoms with Crippen LogP contribution in [0.15, 0.2) is 72.8 Å². The first-order valence-corrected chi connectivity index (χ1v) is 10.3. The SMILES string of the molecule is CC(=O)c1ccc(Cc2ccc(Nc3nnc(-c4cccc([N+](=O)[O-])c4)s3)cc2)cc1. The molecule has 1 heterocycles. The Morgan fingerprint density at radius 3 is 2.32 bits per heavy atom. The number of nitrogens with zero attached hydrogens (tertiary/aromatic N) is 3. The van der Waals surface area contributed by atoms with Gasteiger partial charge in [0.15, 0.2) is 5.78 Å². The maximum Gasteiger partial charge on any atom is 0.270 e. The lowest BCUT2D eigenvalue weighted by atomic mass is 10.0. The summed E-state index contributed by atoms with van der Waals surface area (Å²) in [5.41, 5.74) is 4.55. The molecular weight excluding hydrogens is 412 g/mol. The number of hydrogen-bond acceptors (Lipinski definition) is 7. The average Bonchev–Trinajstić information content (AvgIpc) is 3.24. The highest BCUT2D eigenvalue weighted by Crippen LogP contribution is 2.30. The molecule has 0 spiro atoms. The highest BCUT2D eigenvalue weighted by atomic mass is 32.1. The van der Waals surface area contributed by atoms with E-state index >= 15 is 0 Å². The first-order valence-electron chi connectivity index (χ1n) is 9.52. The molecule has 0 aliphatic rings. The highest BCUT2D eigenvalue weighted by Gasteiger charge is 2.11. The van der Waals surface area contributed by atoms with Gasteiger partial charge in [0.2, 0.25) is 5.13 Å². The van der Waals surface area contributed by atoms with E-state index in [4.69, 9.17) is 0 Å². The molecule has 0 saturated carbocycles. The third kappa shape index (κ3) is 4.99. The Morgan fingerprint density at radius 2 is 1.68 bits per heavy atom. The summed E-state index contributed by atoms with van der Waals surface area (Å²) >= 11 is 1.33. The summed E-state index contributed by atoms with van der Waals surface area (Å²) < 4.78 is 0. The molecule has 0 bridgehead atoms. The molecule has 1 aromatic heterocycles. The minimum absolute atomic E-state index is 0.0220. The van der Waals surface area contributed by atoms with Crippen LogP contribution in [0.4, 0.5) is 16.5 Å². The van der Waals surface area contributed by atoms with Gasteiger partial charge in [-0.05, 0) is 36.6 Å². The van der Waals surface area contributed by atoms with Gasteiger partial charge in [-0.25, -0.2) is 0 Å². The van der Waals surface area contributed by atoms with Crippen LogP contribution in [-0.2, 0) is 6.42 Å². The first-order chi connectivity index (χ1) is 15.0. The van der Waals surface area contributed by atoms with Crippen molar-refractivity contribution >= 4 is 33.6 Å². The van der Waals surface area contributed by atoms with Crippen molar-refractivity contribution in [1.82, 2.24) is 10.2 Å². The molecule has 0 saturated heterocycles. The third-order valence-electron chi connectivity index (χ3n) is 4.70. The van der Waals surface area contributed by atoms with Gasteiger partial charge in [0.05, 0.1) is 4.92 Å². The molecule has 31 heavy (non-hydrogen) atoms. The molecule has 0 amide bonds. The molecular formula is C23H18N4O3S. The molecule has 0 aliphatic heterocycles. The number of carbonyl (C=O) groups is 1. The average molecular weight is 430 g/mol. The van der Waals surface area contributed by atoms with Crippen molar-refractivity contribution in [3.63, 3.8) is 0 Å². The van der Waals surface area contributed by atoms with E-state index in [1.54, 1.807) is 19.1 Å². The molecule has 1 N–H and O–H groups in total. The summed E-state index contributed by atoms with van der Waals surface area (Å²) in [5.74, 6) is 0.0623. The minimum atomic E-state index is -0.428. The van der Waals surface area contributed by atoms with Crippen molar-refractivity contribution in [3.8, 4) is 10.6 Å². The maximum atomic E-state index is 11.4. The quantitative estimate of drug-likeness (QED) is 0.231. The topological polar surface area (TPSA) is 98.0 Å². The predicted molar refractivity (Wildman–Crippen MR) is 121 cm³/mol. The monoisotopic (exact) mass is 430 g/mol. The summed E-state index contributed by atoms with van der Waals surface area (Å²) in [6.45, 7) is 1.56. The first kappa shape index (κ1) is 20.4. The fraction of sp³-hybridized carbons (Fsp3) is 0.0870. The fourth-order valence-electron chi connectivity index (χ4n) is 3.07. The number of ketones is 1. The van der Waals surface area contributed by atoms with Crippen LogP contribution >= 0.6 is 11.3 Å². The van der Waals surface area contributed by atoms with Gasteiger partial charge in [0.1, 0.15) is 5.01 Å². The maximum absolute atomic E-state index is 11.4. The van der Waals surface area contributed by atoms with E-state index in [9.17, 15) is 14.9 Å². The Bertz CT molecular complexity index is 1230. The number of nitro groups is 1. The van der Waals surface area contributed by atoms with E-state index in [1.807, 2.05) is 48.5 Å². The van der Waals surface area contributed by atoms with Gasteiger partial charge in [-0.1, -0.05) is 59.9 Å². The van der Waals surface area contributed by atoms with Crippen LogP contribution in [0.2, 0.25) is 0 Å². The number of nitro benzene ring substituents is 1. The van der Waals surface area contributed by atoms with E-state index < -0.39 is 4.92 Å². The number of hydrogen-bond donors (Lipinski definition) is 1. The summed E-state index contributed by atoms with van der Waals surface area (Å²) in [5, 5.41) is 23.7. The second-order valence-corrected chi connectivity index (χ2v) is 7.95. The molecule has 0 radical (unpaired) electrons. The molecule has 3 aromatic carbocycles. The number of rotatable bonds is 7. The van der Waals surface area contributed by atoms with E-state index in [-0.39, 0.29) is 11.5 Å². The number of carbonyl (C=O) groups excluding carboxylic acids is 1. The molecule has 0 fully saturated rings. The van der Waals surface area contributed by atoms with Crippen LogP contribution in [0.25, 0.3) is 10.6 Å². The number of non-ortho nitro benzene ring substituents is 1. The molecule has 7 nitrogen and oxygen atoms in total. The van der Waals surface area contributed by atoms with Gasteiger partial charge in [0, 0.05) is 28.9 Å². The zero-order valence-corrected chi connectivity index (χ0v) is 17.4. The molecule has 0 atom stereocenters. The normalized spacial score (nSPS) is 10.6. The van der Waals surface area contributed by atoms with E-state index in [0.29, 0.717) is 21.3 Å². The lowest BCUT2D eigenvalue weighted by Gasteiger charge is -2.06. The van der Waals surface area contributed by atoms with Gasteiger partial charge < -0.3 is 5.32 Å². The minimum Gasteiger partial charge on any atom is -0.330 e. The smallest absolute Gasteiger partial charge is 0.270 e. The van der Waals surface area contributed by atoms with Crippen LogP contribution in [0.1, 0.15) is 28.4 Å². The zero-order chi connectivity index (χ0) is 21.8. The Labute approximate surface area is 182 Å². The summed E-state index contributed by atoms with van der Waals surface area (Å²) in [4.78, 5) is 21.9. The van der Waals surface area contributed by atoms with Crippen LogP contribution in [0, 0.1) is 10.1 Å². The lowest BCUT2D eigenvalue weighted by Crippen LogP contribution is -1.94. The van der Waals surface area contributed by atoms with Gasteiger partial charge in [-0.15, -0.1) is 10.2 Å². The van der Waals surface area contributed by atoms with Crippen LogP contribution in [0.3, 0.4) is 0 Å². The number of benzene rings is 3. The van der Waals surface area contributed by atoms with Gasteiger partial charge >= 0.3 is 0 Å². The van der Waals surface area contributed by atoms with Crippen molar-refractivity contribution in [2.45, 2.75) is 13.3 Å². The number of aromatic nitrogens is 2. The summed E-state index contributed by atoms with van der Waals surface area (Å²) in [6, 6.07) is 22.0. The Morgan fingerprint density at radius 1 is 1.00 bits per heavy atom. The van der Waals surface area contributed by atoms with E-state index in [1.165, 1.54) is 23.5 Å². The zero-order valence-electron chi connectivity index (χ0n) is 16.6. The number of anilines is 2. The second kappa shape index (κ2) is 8.85. The van der Waals surface area contributed by atoms with Gasteiger partial charge in [-0.3, -0.25) is 14.9 Å². The predicted octanol–water partition coefficient (Wildman–Crippen LogP) is 5.65. The molecule has 4 rings (SSSR count). The summed E-state index contributed by atoms with van der Waals surface area (Å²) in [7, 11) is 0. The number of nitrogens with one attached hydrogen (secondary N) is 1. The van der Waals surface area contributed by atoms with Gasteiger partial charge in [0.25, 0.3) is 5.69 Å². The molecule has 8 heteroatoms. The third-order valence-corrected chi connectivity index (χ3v) is 5.59. The van der Waals surface area contributed by atoms with Crippen molar-refractivity contribution in [1.29, 1.82) is 0 Å². The van der Waals surface area contributed by atoms with Crippen molar-refractivity contribution in [3.05, 3.63) is 99.6 Å². The Hall–Kier alpha value is -3.91. The van der Waals surface area contributed by atoms with E-state index in [0.717, 1.165) is 23.2 Å². The van der Waals surface area contributed by atoms with Crippen LogP contribution < -0.4 is 5.32 Å². The van der Waals surface area contributed by atoms with Crippen LogP contribution in [0.5, 0.6) is 0 Å². The van der Waals surface area contributed by atoms with Crippen LogP contribution in [-0.4, -0.2) is 20.9 Å². The Kier molecular flexibility index (Phi) is 5.81. The molecule has 0 aliphatic carbocycles. The van der Waals surface area contributed by atoms with Gasteiger partial charge in [-0.2, -0.15) is 0 Å². The second-order valence-electron chi connectivity index (χ2n) is 6.97. The largest absolute Gasteiger partial charge is 0.330 e.